The van der Waals surface area contributed by atoms with Crippen molar-refractivity contribution in [1.29, 1.82) is 0 Å². The van der Waals surface area contributed by atoms with E-state index in [1.807, 2.05) is 6.92 Å². The van der Waals surface area contributed by atoms with Gasteiger partial charge in [0.1, 0.15) is 0 Å². The smallest absolute Gasteiger partial charge is 0.211 e. The number of rotatable bonds is 8. The summed E-state index contributed by atoms with van der Waals surface area (Å²) in [5, 5.41) is 3.37. The summed E-state index contributed by atoms with van der Waals surface area (Å²) in [6.07, 6.45) is 4.91. The van der Waals surface area contributed by atoms with E-state index in [2.05, 4.69) is 10.0 Å². The van der Waals surface area contributed by atoms with Crippen molar-refractivity contribution in [3.05, 3.63) is 0 Å². The topological polar surface area (TPSA) is 67.4 Å². The molecule has 0 amide bonds. The standard InChI is InChI=1S/C12H26N2O3S/c1-11(6-9-17-2)14-18(15,16)10-7-12-5-3-4-8-13-12/h11-14H,3-10H2,1-2H3. The predicted octanol–water partition coefficient (Wildman–Crippen LogP) is 0.863. The molecule has 0 spiro atoms. The molecule has 0 bridgehead atoms. The zero-order chi connectivity index (χ0) is 13.4. The van der Waals surface area contributed by atoms with Gasteiger partial charge in [-0.25, -0.2) is 13.1 Å². The molecule has 0 radical (unpaired) electrons. The van der Waals surface area contributed by atoms with Gasteiger partial charge in [-0.3, -0.25) is 0 Å². The van der Waals surface area contributed by atoms with Crippen LogP contribution in [0.15, 0.2) is 0 Å². The van der Waals surface area contributed by atoms with Crippen molar-refractivity contribution in [2.45, 2.75) is 51.1 Å². The monoisotopic (exact) mass is 278 g/mol. The first-order chi connectivity index (χ1) is 8.53. The van der Waals surface area contributed by atoms with Crippen LogP contribution in [0.3, 0.4) is 0 Å². The van der Waals surface area contributed by atoms with E-state index in [-0.39, 0.29) is 11.8 Å². The van der Waals surface area contributed by atoms with Crippen molar-refractivity contribution in [3.8, 4) is 0 Å². The highest BCUT2D eigenvalue weighted by molar-refractivity contribution is 7.89. The maximum atomic E-state index is 11.9. The van der Waals surface area contributed by atoms with Crippen LogP contribution in [0.25, 0.3) is 0 Å². The second-order valence-corrected chi connectivity index (χ2v) is 6.93. The summed E-state index contributed by atoms with van der Waals surface area (Å²) in [5.41, 5.74) is 0. The lowest BCUT2D eigenvalue weighted by molar-refractivity contribution is 0.188. The molecule has 0 aromatic heterocycles. The van der Waals surface area contributed by atoms with E-state index in [1.165, 1.54) is 12.8 Å². The molecule has 5 nitrogen and oxygen atoms in total. The van der Waals surface area contributed by atoms with Crippen LogP contribution in [0.5, 0.6) is 0 Å². The molecular formula is C12H26N2O3S. The quantitative estimate of drug-likeness (QED) is 0.691. The fourth-order valence-electron chi connectivity index (χ4n) is 2.19. The molecule has 0 aromatic rings. The van der Waals surface area contributed by atoms with E-state index in [1.54, 1.807) is 7.11 Å². The Morgan fingerprint density at radius 2 is 2.22 bits per heavy atom. The fraction of sp³-hybridized carbons (Fsp3) is 1.00. The molecule has 6 heteroatoms. The summed E-state index contributed by atoms with van der Waals surface area (Å²) in [6, 6.07) is 0.305. The normalized spacial score (nSPS) is 22.9. The molecule has 1 aliphatic rings. The van der Waals surface area contributed by atoms with Crippen molar-refractivity contribution in [1.82, 2.24) is 10.0 Å². The van der Waals surface area contributed by atoms with Crippen molar-refractivity contribution in [2.75, 3.05) is 26.0 Å². The highest BCUT2D eigenvalue weighted by Crippen LogP contribution is 2.11. The first kappa shape index (κ1) is 15.9. The largest absolute Gasteiger partial charge is 0.385 e. The van der Waals surface area contributed by atoms with Gasteiger partial charge in [-0.05, 0) is 39.2 Å². The molecule has 108 valence electrons. The van der Waals surface area contributed by atoms with Gasteiger partial charge in [-0.1, -0.05) is 6.42 Å². The third kappa shape index (κ3) is 6.68. The molecular weight excluding hydrogens is 252 g/mol. The Morgan fingerprint density at radius 3 is 2.83 bits per heavy atom. The van der Waals surface area contributed by atoms with Crippen LogP contribution in [0.2, 0.25) is 0 Å². The van der Waals surface area contributed by atoms with Crippen molar-refractivity contribution < 1.29 is 13.2 Å². The maximum absolute atomic E-state index is 11.9. The minimum absolute atomic E-state index is 0.0609. The minimum atomic E-state index is -3.16. The van der Waals surface area contributed by atoms with Crippen molar-refractivity contribution >= 4 is 10.0 Å². The van der Waals surface area contributed by atoms with E-state index < -0.39 is 10.0 Å². The Kier molecular flexibility index (Phi) is 7.14. The van der Waals surface area contributed by atoms with Gasteiger partial charge < -0.3 is 10.1 Å². The minimum Gasteiger partial charge on any atom is -0.385 e. The first-order valence-electron chi connectivity index (χ1n) is 6.76. The van der Waals surface area contributed by atoms with E-state index in [0.29, 0.717) is 25.5 Å². The molecule has 0 saturated carbocycles. The van der Waals surface area contributed by atoms with E-state index >= 15 is 0 Å². The van der Waals surface area contributed by atoms with Crippen molar-refractivity contribution in [2.24, 2.45) is 0 Å². The van der Waals surface area contributed by atoms with Gasteiger partial charge in [0.05, 0.1) is 5.75 Å². The lowest BCUT2D eigenvalue weighted by Crippen LogP contribution is -2.39. The van der Waals surface area contributed by atoms with Crippen LogP contribution in [-0.2, 0) is 14.8 Å². The summed E-state index contributed by atoms with van der Waals surface area (Å²) < 4.78 is 31.4. The van der Waals surface area contributed by atoms with Crippen LogP contribution in [0, 0.1) is 0 Å². The lowest BCUT2D eigenvalue weighted by atomic mass is 10.0. The van der Waals surface area contributed by atoms with Gasteiger partial charge >= 0.3 is 0 Å². The maximum Gasteiger partial charge on any atom is 0.211 e. The second kappa shape index (κ2) is 8.09. The summed E-state index contributed by atoms with van der Waals surface area (Å²) in [6.45, 7) is 3.46. The highest BCUT2D eigenvalue weighted by Gasteiger charge is 2.18. The number of sulfonamides is 1. The lowest BCUT2D eigenvalue weighted by Gasteiger charge is -2.23. The van der Waals surface area contributed by atoms with Crippen LogP contribution in [0.1, 0.15) is 39.0 Å². The van der Waals surface area contributed by atoms with Gasteiger partial charge in [-0.15, -0.1) is 0 Å². The van der Waals surface area contributed by atoms with Gasteiger partial charge in [0, 0.05) is 25.8 Å². The molecule has 1 fully saturated rings. The summed E-state index contributed by atoms with van der Waals surface area (Å²) in [7, 11) is -1.54. The Bertz CT molecular complexity index is 313. The van der Waals surface area contributed by atoms with Crippen molar-refractivity contribution in [3.63, 3.8) is 0 Å². The molecule has 0 aromatic carbocycles. The molecule has 1 rings (SSSR count). The molecule has 18 heavy (non-hydrogen) atoms. The average Bonchev–Trinajstić information content (AvgIpc) is 2.35. The molecule has 2 atom stereocenters. The number of ether oxygens (including phenoxy) is 1. The van der Waals surface area contributed by atoms with Gasteiger partial charge in [-0.2, -0.15) is 0 Å². The molecule has 0 aliphatic carbocycles. The summed E-state index contributed by atoms with van der Waals surface area (Å²) in [5.74, 6) is 0.210. The van der Waals surface area contributed by atoms with Crippen LogP contribution in [-0.4, -0.2) is 46.5 Å². The number of nitrogens with one attached hydrogen (secondary N) is 2. The number of hydrogen-bond donors (Lipinski definition) is 2. The number of hydrogen-bond acceptors (Lipinski definition) is 4. The SMILES string of the molecule is COCCC(C)NS(=O)(=O)CCC1CCCCN1. The Balaban J connectivity index is 2.25. The van der Waals surface area contributed by atoms with Gasteiger partial charge in [0.2, 0.25) is 10.0 Å². The highest BCUT2D eigenvalue weighted by atomic mass is 32.2. The van der Waals surface area contributed by atoms with E-state index in [0.717, 1.165) is 13.0 Å². The first-order valence-corrected chi connectivity index (χ1v) is 8.41. The number of methoxy groups -OCH3 is 1. The fourth-order valence-corrected chi connectivity index (χ4v) is 3.63. The average molecular weight is 278 g/mol. The molecule has 2 N–H and O–H groups in total. The predicted molar refractivity (Wildman–Crippen MR) is 73.1 cm³/mol. The van der Waals surface area contributed by atoms with Crippen LogP contribution in [0.4, 0.5) is 0 Å². The zero-order valence-corrected chi connectivity index (χ0v) is 12.3. The van der Waals surface area contributed by atoms with E-state index in [4.69, 9.17) is 4.74 Å². The molecule has 1 saturated heterocycles. The molecule has 2 unspecified atom stereocenters. The number of piperidine rings is 1. The van der Waals surface area contributed by atoms with E-state index in [9.17, 15) is 8.42 Å². The molecule has 1 heterocycles. The van der Waals surface area contributed by atoms with Crippen LogP contribution < -0.4 is 10.0 Å². The Labute approximate surface area is 111 Å². The molecule has 1 aliphatic heterocycles. The Hall–Kier alpha value is -0.170. The third-order valence-corrected chi connectivity index (χ3v) is 4.82. The second-order valence-electron chi connectivity index (χ2n) is 5.05. The van der Waals surface area contributed by atoms with Crippen LogP contribution >= 0.6 is 0 Å². The zero-order valence-electron chi connectivity index (χ0n) is 11.4. The Morgan fingerprint density at radius 1 is 1.44 bits per heavy atom. The third-order valence-electron chi connectivity index (χ3n) is 3.28. The van der Waals surface area contributed by atoms with Gasteiger partial charge in [0.15, 0.2) is 0 Å². The van der Waals surface area contributed by atoms with Gasteiger partial charge in [0.25, 0.3) is 0 Å². The summed E-state index contributed by atoms with van der Waals surface area (Å²) in [4.78, 5) is 0. The summed E-state index contributed by atoms with van der Waals surface area (Å²) >= 11 is 0.